The van der Waals surface area contributed by atoms with E-state index in [-0.39, 0.29) is 11.7 Å². The summed E-state index contributed by atoms with van der Waals surface area (Å²) in [7, 11) is 1.63. The van der Waals surface area contributed by atoms with E-state index in [0.29, 0.717) is 22.9 Å². The van der Waals surface area contributed by atoms with Gasteiger partial charge in [-0.2, -0.15) is 0 Å². The van der Waals surface area contributed by atoms with Gasteiger partial charge in [0, 0.05) is 12.0 Å². The second-order valence-corrected chi connectivity index (χ2v) is 6.70. The Balaban J connectivity index is 1.98. The van der Waals surface area contributed by atoms with Gasteiger partial charge in [0.2, 0.25) is 0 Å². The Morgan fingerprint density at radius 1 is 1.29 bits per heavy atom. The molecule has 1 N–H and O–H groups in total. The maximum absolute atomic E-state index is 12.0. The van der Waals surface area contributed by atoms with Crippen molar-refractivity contribution in [1.29, 1.82) is 0 Å². The predicted molar refractivity (Wildman–Crippen MR) is 83.1 cm³/mol. The number of carbonyl (C=O) groups excluding carboxylic acids is 2. The number of nitrogens with zero attached hydrogens (tertiary/aromatic N) is 1. The van der Waals surface area contributed by atoms with Gasteiger partial charge in [0.1, 0.15) is 5.01 Å². The molecule has 21 heavy (non-hydrogen) atoms. The standard InChI is InChI=1S/C14H16N2O3S2/c1-8-12(21-13(16-8)7-19-3)6-15-14(18)11-5-4-10(20-11)9(2)17/h4-5H,6-7H2,1-3H3,(H,15,18). The minimum absolute atomic E-state index is 0.0263. The van der Waals surface area contributed by atoms with Gasteiger partial charge in [-0.15, -0.1) is 22.7 Å². The van der Waals surface area contributed by atoms with E-state index in [2.05, 4.69) is 10.3 Å². The van der Waals surface area contributed by atoms with Gasteiger partial charge >= 0.3 is 0 Å². The number of nitrogens with one attached hydrogen (secondary N) is 1. The molecule has 0 radical (unpaired) electrons. The van der Waals surface area contributed by atoms with Crippen molar-refractivity contribution < 1.29 is 14.3 Å². The maximum Gasteiger partial charge on any atom is 0.261 e. The van der Waals surface area contributed by atoms with Crippen LogP contribution in [0.5, 0.6) is 0 Å². The normalized spacial score (nSPS) is 10.6. The molecular formula is C14H16N2O3S2. The van der Waals surface area contributed by atoms with E-state index in [0.717, 1.165) is 15.6 Å². The number of aromatic nitrogens is 1. The van der Waals surface area contributed by atoms with Crippen molar-refractivity contribution >= 4 is 34.4 Å². The van der Waals surface area contributed by atoms with Gasteiger partial charge in [0.05, 0.1) is 28.6 Å². The molecule has 0 saturated carbocycles. The summed E-state index contributed by atoms with van der Waals surface area (Å²) in [6.45, 7) is 4.31. The fraction of sp³-hybridized carbons (Fsp3) is 0.357. The lowest BCUT2D eigenvalue weighted by atomic mass is 10.3. The molecule has 2 aromatic rings. The molecule has 0 saturated heterocycles. The number of aryl methyl sites for hydroxylation is 1. The highest BCUT2D eigenvalue weighted by atomic mass is 32.1. The van der Waals surface area contributed by atoms with Crippen LogP contribution in [0.15, 0.2) is 12.1 Å². The highest BCUT2D eigenvalue weighted by Crippen LogP contribution is 2.20. The lowest BCUT2D eigenvalue weighted by Crippen LogP contribution is -2.21. The highest BCUT2D eigenvalue weighted by Gasteiger charge is 2.13. The number of rotatable bonds is 6. The Hall–Kier alpha value is -1.57. The Bertz CT molecular complexity index is 661. The molecule has 0 aliphatic rings. The number of ether oxygens (including phenoxy) is 1. The Labute approximate surface area is 131 Å². The van der Waals surface area contributed by atoms with Crippen LogP contribution >= 0.6 is 22.7 Å². The average Bonchev–Trinajstić information content (AvgIpc) is 3.04. The summed E-state index contributed by atoms with van der Waals surface area (Å²) in [6, 6.07) is 3.35. The van der Waals surface area contributed by atoms with Gasteiger partial charge in [-0.3, -0.25) is 9.59 Å². The van der Waals surface area contributed by atoms with Crippen LogP contribution in [0.4, 0.5) is 0 Å². The van der Waals surface area contributed by atoms with Crippen molar-refractivity contribution in [2.45, 2.75) is 27.0 Å². The summed E-state index contributed by atoms with van der Waals surface area (Å²) >= 11 is 2.74. The predicted octanol–water partition coefficient (Wildman–Crippen LogP) is 2.79. The average molecular weight is 324 g/mol. The van der Waals surface area contributed by atoms with Crippen LogP contribution in [0.25, 0.3) is 0 Å². The van der Waals surface area contributed by atoms with E-state index >= 15 is 0 Å². The van der Waals surface area contributed by atoms with Crippen LogP contribution in [0.3, 0.4) is 0 Å². The van der Waals surface area contributed by atoms with Crippen LogP contribution < -0.4 is 5.32 Å². The van der Waals surface area contributed by atoms with Crippen molar-refractivity contribution in [1.82, 2.24) is 10.3 Å². The molecule has 0 aromatic carbocycles. The number of ketones is 1. The first-order chi connectivity index (χ1) is 10.0. The topological polar surface area (TPSA) is 68.3 Å². The third kappa shape index (κ3) is 3.96. The third-order valence-electron chi connectivity index (χ3n) is 2.79. The minimum atomic E-state index is -0.173. The van der Waals surface area contributed by atoms with E-state index < -0.39 is 0 Å². The van der Waals surface area contributed by atoms with Crippen LogP contribution in [-0.2, 0) is 17.9 Å². The van der Waals surface area contributed by atoms with Crippen molar-refractivity contribution in [3.63, 3.8) is 0 Å². The highest BCUT2D eigenvalue weighted by molar-refractivity contribution is 7.16. The molecule has 2 aromatic heterocycles. The number of Topliss-reactive ketones (excluding diaryl/α,β-unsaturated/α-hetero) is 1. The van der Waals surface area contributed by atoms with E-state index in [1.54, 1.807) is 19.2 Å². The zero-order valence-corrected chi connectivity index (χ0v) is 13.7. The molecule has 0 spiro atoms. The number of methoxy groups -OCH3 is 1. The fourth-order valence-corrected chi connectivity index (χ4v) is 3.53. The van der Waals surface area contributed by atoms with Gasteiger partial charge in [0.15, 0.2) is 5.78 Å². The number of thiophene rings is 1. The van der Waals surface area contributed by atoms with Crippen molar-refractivity contribution in [3.05, 3.63) is 37.5 Å². The molecule has 0 unspecified atom stereocenters. The summed E-state index contributed by atoms with van der Waals surface area (Å²) in [5, 5.41) is 3.75. The lowest BCUT2D eigenvalue weighted by Gasteiger charge is -2.01. The molecule has 0 aliphatic carbocycles. The van der Waals surface area contributed by atoms with Gasteiger partial charge < -0.3 is 10.1 Å². The first kappa shape index (κ1) is 15.8. The van der Waals surface area contributed by atoms with E-state index in [1.165, 1.54) is 29.6 Å². The number of hydrogen-bond acceptors (Lipinski definition) is 6. The second kappa shape index (κ2) is 6.93. The van der Waals surface area contributed by atoms with E-state index in [9.17, 15) is 9.59 Å². The molecule has 7 heteroatoms. The van der Waals surface area contributed by atoms with Crippen molar-refractivity contribution in [3.8, 4) is 0 Å². The van der Waals surface area contributed by atoms with Gasteiger partial charge in [0.25, 0.3) is 5.91 Å². The zero-order chi connectivity index (χ0) is 15.4. The first-order valence-electron chi connectivity index (χ1n) is 6.34. The smallest absolute Gasteiger partial charge is 0.261 e. The summed E-state index contributed by atoms with van der Waals surface area (Å²) in [4.78, 5) is 29.8. The molecule has 5 nitrogen and oxygen atoms in total. The molecule has 0 aliphatic heterocycles. The maximum atomic E-state index is 12.0. The first-order valence-corrected chi connectivity index (χ1v) is 7.97. The number of amides is 1. The fourth-order valence-electron chi connectivity index (χ4n) is 1.73. The molecule has 0 bridgehead atoms. The summed E-state index contributed by atoms with van der Waals surface area (Å²) in [5.41, 5.74) is 0.906. The summed E-state index contributed by atoms with van der Waals surface area (Å²) in [6.07, 6.45) is 0. The summed E-state index contributed by atoms with van der Waals surface area (Å²) in [5.74, 6) is -0.199. The number of carbonyl (C=O) groups is 2. The molecular weight excluding hydrogens is 308 g/mol. The second-order valence-electron chi connectivity index (χ2n) is 4.45. The Kier molecular flexibility index (Phi) is 5.22. The minimum Gasteiger partial charge on any atom is -0.378 e. The number of hydrogen-bond donors (Lipinski definition) is 1. The molecule has 1 amide bonds. The molecule has 2 rings (SSSR count). The van der Waals surface area contributed by atoms with Crippen LogP contribution in [0.1, 0.15) is 41.8 Å². The van der Waals surface area contributed by atoms with Crippen molar-refractivity contribution in [2.75, 3.05) is 7.11 Å². The molecule has 2 heterocycles. The number of thiazole rings is 1. The van der Waals surface area contributed by atoms with Crippen LogP contribution in [-0.4, -0.2) is 23.8 Å². The van der Waals surface area contributed by atoms with Gasteiger partial charge in [-0.1, -0.05) is 0 Å². The Morgan fingerprint density at radius 3 is 2.62 bits per heavy atom. The quantitative estimate of drug-likeness (QED) is 0.830. The summed E-state index contributed by atoms with van der Waals surface area (Å²) < 4.78 is 5.05. The molecule has 0 fully saturated rings. The van der Waals surface area contributed by atoms with E-state index in [1.807, 2.05) is 6.92 Å². The zero-order valence-electron chi connectivity index (χ0n) is 12.1. The lowest BCUT2D eigenvalue weighted by molar-refractivity contribution is 0.0954. The van der Waals surface area contributed by atoms with Crippen LogP contribution in [0, 0.1) is 6.92 Å². The largest absolute Gasteiger partial charge is 0.378 e. The third-order valence-corrected chi connectivity index (χ3v) is 5.11. The monoisotopic (exact) mass is 324 g/mol. The molecule has 0 atom stereocenters. The Morgan fingerprint density at radius 2 is 2.00 bits per heavy atom. The van der Waals surface area contributed by atoms with Gasteiger partial charge in [-0.25, -0.2) is 4.98 Å². The van der Waals surface area contributed by atoms with Gasteiger partial charge in [-0.05, 0) is 26.0 Å². The van der Waals surface area contributed by atoms with Crippen LogP contribution in [0.2, 0.25) is 0 Å². The van der Waals surface area contributed by atoms with Crippen molar-refractivity contribution in [2.24, 2.45) is 0 Å². The molecule has 112 valence electrons. The van der Waals surface area contributed by atoms with E-state index in [4.69, 9.17) is 4.74 Å². The SMILES string of the molecule is COCc1nc(C)c(CNC(=O)c2ccc(C(C)=O)s2)s1.